The topological polar surface area (TPSA) is 49.9 Å². The molecule has 0 aliphatic carbocycles. The standard InChI is InChI=1S/C23H21FN2O3S/c1-4-5-17-12-16(13-19-21(27)25(2)23(30)26(3)22(19)28)8-11-20(17)29-14-15-6-9-18(24)10-7-15/h4,6-13H,1,5,14H2,2-3H3. The monoisotopic (exact) mass is 424 g/mol. The maximum atomic E-state index is 13.1. The van der Waals surface area contributed by atoms with Crippen molar-refractivity contribution in [3.63, 3.8) is 0 Å². The van der Waals surface area contributed by atoms with Crippen LogP contribution in [0.3, 0.4) is 0 Å². The van der Waals surface area contributed by atoms with Crippen molar-refractivity contribution in [1.29, 1.82) is 0 Å². The second-order valence-electron chi connectivity index (χ2n) is 6.84. The summed E-state index contributed by atoms with van der Waals surface area (Å²) in [5.74, 6) is -0.527. The molecular weight excluding hydrogens is 403 g/mol. The van der Waals surface area contributed by atoms with Gasteiger partial charge in [0.1, 0.15) is 23.7 Å². The maximum absolute atomic E-state index is 13.1. The first-order chi connectivity index (χ1) is 14.3. The van der Waals surface area contributed by atoms with Gasteiger partial charge in [-0.2, -0.15) is 0 Å². The van der Waals surface area contributed by atoms with Gasteiger partial charge >= 0.3 is 0 Å². The van der Waals surface area contributed by atoms with Crippen molar-refractivity contribution in [2.75, 3.05) is 14.1 Å². The zero-order valence-corrected chi connectivity index (χ0v) is 17.5. The van der Waals surface area contributed by atoms with Crippen molar-refractivity contribution in [3.05, 3.63) is 83.2 Å². The molecule has 0 bridgehead atoms. The number of likely N-dealkylation sites (N-methyl/N-ethyl adjacent to an activating group) is 2. The van der Waals surface area contributed by atoms with Crippen molar-refractivity contribution >= 4 is 35.2 Å². The van der Waals surface area contributed by atoms with Gasteiger partial charge in [-0.05, 0) is 65.7 Å². The fourth-order valence-corrected chi connectivity index (χ4v) is 3.19. The van der Waals surface area contributed by atoms with E-state index in [4.69, 9.17) is 17.0 Å². The van der Waals surface area contributed by atoms with Crippen molar-refractivity contribution in [2.45, 2.75) is 13.0 Å². The minimum atomic E-state index is -0.440. The molecule has 154 valence electrons. The number of benzene rings is 2. The van der Waals surface area contributed by atoms with Crippen molar-refractivity contribution in [2.24, 2.45) is 0 Å². The molecule has 0 radical (unpaired) electrons. The van der Waals surface area contributed by atoms with E-state index >= 15 is 0 Å². The summed E-state index contributed by atoms with van der Waals surface area (Å²) >= 11 is 5.11. The molecule has 2 aromatic rings. The van der Waals surface area contributed by atoms with E-state index in [1.807, 2.05) is 6.07 Å². The molecule has 5 nitrogen and oxygen atoms in total. The molecule has 1 aliphatic heterocycles. The Kier molecular flexibility index (Phi) is 6.42. The normalized spacial score (nSPS) is 14.2. The molecule has 2 aromatic carbocycles. The highest BCUT2D eigenvalue weighted by Gasteiger charge is 2.35. The van der Waals surface area contributed by atoms with Gasteiger partial charge in [-0.15, -0.1) is 6.58 Å². The highest BCUT2D eigenvalue weighted by Crippen LogP contribution is 2.25. The van der Waals surface area contributed by atoms with Crippen LogP contribution >= 0.6 is 12.2 Å². The molecular formula is C23H21FN2O3S. The Morgan fingerprint density at radius 3 is 2.30 bits per heavy atom. The van der Waals surface area contributed by atoms with E-state index in [0.29, 0.717) is 17.7 Å². The van der Waals surface area contributed by atoms with Gasteiger partial charge in [0, 0.05) is 14.1 Å². The molecule has 0 spiro atoms. The molecule has 30 heavy (non-hydrogen) atoms. The third kappa shape index (κ3) is 4.46. The van der Waals surface area contributed by atoms with Gasteiger partial charge in [0.05, 0.1) is 0 Å². The Morgan fingerprint density at radius 1 is 1.07 bits per heavy atom. The van der Waals surface area contributed by atoms with E-state index in [1.54, 1.807) is 36.4 Å². The summed E-state index contributed by atoms with van der Waals surface area (Å²) in [5, 5.41) is 0.166. The fourth-order valence-electron chi connectivity index (χ4n) is 3.03. The van der Waals surface area contributed by atoms with Gasteiger partial charge in [0.2, 0.25) is 0 Å². The number of thiocarbonyl (C=S) groups is 1. The Bertz CT molecular complexity index is 1020. The lowest BCUT2D eigenvalue weighted by molar-refractivity contribution is -0.132. The Labute approximate surface area is 180 Å². The second-order valence-corrected chi connectivity index (χ2v) is 7.21. The first-order valence-electron chi connectivity index (χ1n) is 9.24. The van der Waals surface area contributed by atoms with Crippen molar-refractivity contribution in [1.82, 2.24) is 9.80 Å². The van der Waals surface area contributed by atoms with E-state index in [-0.39, 0.29) is 23.1 Å². The van der Waals surface area contributed by atoms with Crippen molar-refractivity contribution in [3.8, 4) is 5.75 Å². The Morgan fingerprint density at radius 2 is 1.70 bits per heavy atom. The van der Waals surface area contributed by atoms with E-state index in [0.717, 1.165) is 11.1 Å². The molecule has 0 saturated carbocycles. The molecule has 0 aromatic heterocycles. The lowest BCUT2D eigenvalue weighted by atomic mass is 10.0. The lowest BCUT2D eigenvalue weighted by Crippen LogP contribution is -2.52. The van der Waals surface area contributed by atoms with Gasteiger partial charge in [-0.3, -0.25) is 19.4 Å². The van der Waals surface area contributed by atoms with Gasteiger partial charge < -0.3 is 4.74 Å². The molecule has 1 aliphatic rings. The minimum Gasteiger partial charge on any atom is -0.489 e. The molecule has 2 amide bonds. The number of halogens is 1. The zero-order valence-electron chi connectivity index (χ0n) is 16.7. The number of carbonyl (C=O) groups is 2. The summed E-state index contributed by atoms with van der Waals surface area (Å²) in [6.07, 6.45) is 3.84. The quantitative estimate of drug-likeness (QED) is 0.307. The molecule has 1 saturated heterocycles. The molecule has 1 fully saturated rings. The molecule has 0 unspecified atom stereocenters. The van der Waals surface area contributed by atoms with Crippen LogP contribution in [-0.2, 0) is 22.6 Å². The van der Waals surface area contributed by atoms with Crippen LogP contribution < -0.4 is 4.74 Å². The third-order valence-electron chi connectivity index (χ3n) is 4.71. The number of allylic oxidation sites excluding steroid dienone is 1. The minimum absolute atomic E-state index is 0.0399. The SMILES string of the molecule is C=CCc1cc(C=C2C(=O)N(C)C(=S)N(C)C2=O)ccc1OCc1ccc(F)cc1. The fraction of sp³-hybridized carbons (Fsp3) is 0.174. The largest absolute Gasteiger partial charge is 0.489 e. The van der Waals surface area contributed by atoms with E-state index in [9.17, 15) is 14.0 Å². The summed E-state index contributed by atoms with van der Waals surface area (Å²) < 4.78 is 19.0. The summed E-state index contributed by atoms with van der Waals surface area (Å²) in [4.78, 5) is 27.6. The Balaban J connectivity index is 1.87. The van der Waals surface area contributed by atoms with Crippen LogP contribution in [0.15, 0.2) is 60.7 Å². The average molecular weight is 424 g/mol. The lowest BCUT2D eigenvalue weighted by Gasteiger charge is -2.31. The van der Waals surface area contributed by atoms with Gasteiger partial charge in [-0.25, -0.2) is 4.39 Å². The number of rotatable bonds is 6. The van der Waals surface area contributed by atoms with Crippen LogP contribution in [0.5, 0.6) is 5.75 Å². The van der Waals surface area contributed by atoms with Crippen LogP contribution in [0, 0.1) is 5.82 Å². The van der Waals surface area contributed by atoms with Crippen LogP contribution in [-0.4, -0.2) is 40.8 Å². The summed E-state index contributed by atoms with van der Waals surface area (Å²) in [6.45, 7) is 4.06. The highest BCUT2D eigenvalue weighted by atomic mass is 32.1. The number of nitrogens with zero attached hydrogens (tertiary/aromatic N) is 2. The number of ether oxygens (including phenoxy) is 1. The first-order valence-corrected chi connectivity index (χ1v) is 9.65. The van der Waals surface area contributed by atoms with Gasteiger partial charge in [0.25, 0.3) is 11.8 Å². The molecule has 0 atom stereocenters. The predicted octanol–water partition coefficient (Wildman–Crippen LogP) is 3.73. The molecule has 1 heterocycles. The number of hydrogen-bond acceptors (Lipinski definition) is 4. The predicted molar refractivity (Wildman–Crippen MR) is 117 cm³/mol. The number of carbonyl (C=O) groups excluding carboxylic acids is 2. The van der Waals surface area contributed by atoms with Crippen LogP contribution in [0.2, 0.25) is 0 Å². The smallest absolute Gasteiger partial charge is 0.265 e. The van der Waals surface area contributed by atoms with Gasteiger partial charge in [-0.1, -0.05) is 24.3 Å². The maximum Gasteiger partial charge on any atom is 0.265 e. The van der Waals surface area contributed by atoms with Gasteiger partial charge in [0.15, 0.2) is 5.11 Å². The van der Waals surface area contributed by atoms with E-state index < -0.39 is 11.8 Å². The van der Waals surface area contributed by atoms with Crippen LogP contribution in [0.1, 0.15) is 16.7 Å². The summed E-state index contributed by atoms with van der Waals surface area (Å²) in [6, 6.07) is 11.5. The van der Waals surface area contributed by atoms with Crippen LogP contribution in [0.25, 0.3) is 6.08 Å². The summed E-state index contributed by atoms with van der Waals surface area (Å²) in [7, 11) is 3.08. The van der Waals surface area contributed by atoms with Crippen LogP contribution in [0.4, 0.5) is 4.39 Å². The average Bonchev–Trinajstić information content (AvgIpc) is 2.74. The first kappa shape index (κ1) is 21.4. The van der Waals surface area contributed by atoms with E-state index in [1.165, 1.54) is 36.0 Å². The second kappa shape index (κ2) is 9.00. The number of amides is 2. The highest BCUT2D eigenvalue weighted by molar-refractivity contribution is 7.80. The molecule has 7 heteroatoms. The Hall–Kier alpha value is -3.32. The number of hydrogen-bond donors (Lipinski definition) is 0. The zero-order chi connectivity index (χ0) is 21.8. The molecule has 0 N–H and O–H groups in total. The van der Waals surface area contributed by atoms with E-state index in [2.05, 4.69) is 6.58 Å². The third-order valence-corrected chi connectivity index (χ3v) is 5.26. The summed E-state index contributed by atoms with van der Waals surface area (Å²) in [5.41, 5.74) is 2.42. The molecule has 3 rings (SSSR count). The van der Waals surface area contributed by atoms with Crippen molar-refractivity contribution < 1.29 is 18.7 Å².